The van der Waals surface area contributed by atoms with Crippen LogP contribution in [-0.4, -0.2) is 51.5 Å². The summed E-state index contributed by atoms with van der Waals surface area (Å²) in [5.41, 5.74) is 0.351. The molecule has 0 unspecified atom stereocenters. The maximum atomic E-state index is 13.0. The first kappa shape index (κ1) is 19.1. The van der Waals surface area contributed by atoms with Gasteiger partial charge in [0.05, 0.1) is 17.7 Å². The van der Waals surface area contributed by atoms with Crippen LogP contribution < -0.4 is 10.1 Å². The average Bonchev–Trinajstić information content (AvgIpc) is 3.03. The number of anilines is 1. The molecule has 7 nitrogen and oxygen atoms in total. The molecule has 1 N–H and O–H groups in total. The van der Waals surface area contributed by atoms with E-state index in [4.69, 9.17) is 9.47 Å². The van der Waals surface area contributed by atoms with E-state index in [1.165, 1.54) is 23.5 Å². The normalized spacial score (nSPS) is 22.0. The Bertz CT molecular complexity index is 736. The van der Waals surface area contributed by atoms with E-state index < -0.39 is 16.1 Å². The number of benzene rings is 1. The van der Waals surface area contributed by atoms with Crippen molar-refractivity contribution in [2.45, 2.75) is 49.5 Å². The summed E-state index contributed by atoms with van der Waals surface area (Å²) in [6, 6.07) is 4.59. The van der Waals surface area contributed by atoms with Crippen molar-refractivity contribution in [1.29, 1.82) is 0 Å². The quantitative estimate of drug-likeness (QED) is 0.845. The van der Waals surface area contributed by atoms with Crippen molar-refractivity contribution in [2.24, 2.45) is 0 Å². The molecule has 2 aliphatic rings. The predicted octanol–water partition coefficient (Wildman–Crippen LogP) is 2.38. The Kier molecular flexibility index (Phi) is 6.16. The highest BCUT2D eigenvalue weighted by Crippen LogP contribution is 2.30. The van der Waals surface area contributed by atoms with E-state index in [0.717, 1.165) is 32.1 Å². The third-order valence-corrected chi connectivity index (χ3v) is 6.75. The maximum absolute atomic E-state index is 13.0. The van der Waals surface area contributed by atoms with Gasteiger partial charge in [0.1, 0.15) is 11.9 Å². The highest BCUT2D eigenvalue weighted by atomic mass is 32.2. The second-order valence-electron chi connectivity index (χ2n) is 6.67. The summed E-state index contributed by atoms with van der Waals surface area (Å²) >= 11 is 0. The number of methoxy groups -OCH3 is 1. The van der Waals surface area contributed by atoms with Gasteiger partial charge in [-0.15, -0.1) is 0 Å². The predicted molar refractivity (Wildman–Crippen MR) is 97.8 cm³/mol. The smallest absolute Gasteiger partial charge is 0.253 e. The molecule has 2 aliphatic heterocycles. The van der Waals surface area contributed by atoms with Gasteiger partial charge in [-0.2, -0.15) is 4.31 Å². The lowest BCUT2D eigenvalue weighted by molar-refractivity contribution is -0.124. The van der Waals surface area contributed by atoms with Crippen molar-refractivity contribution >= 4 is 21.6 Å². The van der Waals surface area contributed by atoms with Gasteiger partial charge >= 0.3 is 0 Å². The fraction of sp³-hybridized carbons (Fsp3) is 0.611. The van der Waals surface area contributed by atoms with Crippen molar-refractivity contribution in [3.05, 3.63) is 18.2 Å². The summed E-state index contributed by atoms with van der Waals surface area (Å²) in [6.07, 6.45) is 4.87. The van der Waals surface area contributed by atoms with Crippen molar-refractivity contribution in [3.63, 3.8) is 0 Å². The Labute approximate surface area is 154 Å². The van der Waals surface area contributed by atoms with Crippen molar-refractivity contribution in [1.82, 2.24) is 4.31 Å². The van der Waals surface area contributed by atoms with E-state index in [1.54, 1.807) is 6.07 Å². The number of nitrogens with one attached hydrogen (secondary N) is 1. The highest BCUT2D eigenvalue weighted by Gasteiger charge is 2.28. The van der Waals surface area contributed by atoms with Crippen LogP contribution in [0, 0.1) is 0 Å². The fourth-order valence-corrected chi connectivity index (χ4v) is 4.92. The summed E-state index contributed by atoms with van der Waals surface area (Å²) in [7, 11) is -2.11. The second-order valence-corrected chi connectivity index (χ2v) is 8.61. The molecule has 2 heterocycles. The van der Waals surface area contributed by atoms with Gasteiger partial charge in [0.2, 0.25) is 10.0 Å². The Morgan fingerprint density at radius 3 is 2.54 bits per heavy atom. The topological polar surface area (TPSA) is 84.9 Å². The highest BCUT2D eigenvalue weighted by molar-refractivity contribution is 7.89. The third-order valence-electron chi connectivity index (χ3n) is 4.85. The molecular formula is C18H26N2O5S. The molecule has 0 aliphatic carbocycles. The summed E-state index contributed by atoms with van der Waals surface area (Å²) < 4.78 is 38.2. The van der Waals surface area contributed by atoms with E-state index in [2.05, 4.69) is 5.32 Å². The zero-order valence-electron chi connectivity index (χ0n) is 15.1. The first-order valence-corrected chi connectivity index (χ1v) is 10.6. The Morgan fingerprint density at radius 1 is 1.19 bits per heavy atom. The molecule has 1 aromatic carbocycles. The van der Waals surface area contributed by atoms with E-state index in [0.29, 0.717) is 37.6 Å². The summed E-state index contributed by atoms with van der Waals surface area (Å²) in [5.74, 6) is 0.149. The van der Waals surface area contributed by atoms with Crippen LogP contribution in [0.15, 0.2) is 23.1 Å². The van der Waals surface area contributed by atoms with Crippen molar-refractivity contribution < 1.29 is 22.7 Å². The first-order valence-electron chi connectivity index (χ1n) is 9.13. The van der Waals surface area contributed by atoms with E-state index in [1.807, 2.05) is 0 Å². The number of nitrogens with zero attached hydrogens (tertiary/aromatic N) is 1. The molecule has 0 bridgehead atoms. The van der Waals surface area contributed by atoms with Gasteiger partial charge in [-0.05, 0) is 43.9 Å². The number of hydrogen-bond donors (Lipinski definition) is 1. The van der Waals surface area contributed by atoms with Crippen LogP contribution in [-0.2, 0) is 19.6 Å². The van der Waals surface area contributed by atoms with Gasteiger partial charge < -0.3 is 14.8 Å². The molecule has 1 aromatic rings. The molecule has 1 amide bonds. The lowest BCUT2D eigenvalue weighted by Crippen LogP contribution is -2.32. The molecule has 0 spiro atoms. The number of sulfonamides is 1. The van der Waals surface area contributed by atoms with Gasteiger partial charge in [-0.3, -0.25) is 4.79 Å². The lowest BCUT2D eigenvalue weighted by atomic mass is 10.2. The van der Waals surface area contributed by atoms with Crippen LogP contribution in [0.4, 0.5) is 5.69 Å². The van der Waals surface area contributed by atoms with Gasteiger partial charge in [0.25, 0.3) is 5.91 Å². The molecule has 8 heteroatoms. The average molecular weight is 382 g/mol. The van der Waals surface area contributed by atoms with E-state index >= 15 is 0 Å². The molecular weight excluding hydrogens is 356 g/mol. The number of carbonyl (C=O) groups excluding carboxylic acids is 1. The van der Waals surface area contributed by atoms with Crippen LogP contribution in [0.2, 0.25) is 0 Å². The lowest BCUT2D eigenvalue weighted by Gasteiger charge is -2.21. The van der Waals surface area contributed by atoms with E-state index in [9.17, 15) is 13.2 Å². The molecule has 0 saturated carbocycles. The van der Waals surface area contributed by atoms with Crippen molar-refractivity contribution in [2.75, 3.05) is 32.1 Å². The van der Waals surface area contributed by atoms with Crippen LogP contribution in [0.3, 0.4) is 0 Å². The first-order chi connectivity index (χ1) is 12.5. The van der Waals surface area contributed by atoms with Gasteiger partial charge in [0, 0.05) is 19.7 Å². The monoisotopic (exact) mass is 382 g/mol. The maximum Gasteiger partial charge on any atom is 0.253 e. The molecule has 0 aromatic heterocycles. The Hall–Kier alpha value is -1.64. The fourth-order valence-electron chi connectivity index (χ4n) is 3.37. The second kappa shape index (κ2) is 8.37. The molecule has 2 saturated heterocycles. The van der Waals surface area contributed by atoms with Crippen LogP contribution in [0.25, 0.3) is 0 Å². The zero-order valence-corrected chi connectivity index (χ0v) is 15.9. The number of rotatable bonds is 5. The van der Waals surface area contributed by atoms with Gasteiger partial charge in [0.15, 0.2) is 0 Å². The zero-order chi connectivity index (χ0) is 18.6. The van der Waals surface area contributed by atoms with Gasteiger partial charge in [-0.1, -0.05) is 12.8 Å². The minimum absolute atomic E-state index is 0.169. The SMILES string of the molecule is COc1ccc(S(=O)(=O)N2CCCCCC2)cc1NC(=O)[C@H]1CCCO1. The van der Waals surface area contributed by atoms with Crippen LogP contribution in [0.1, 0.15) is 38.5 Å². The minimum Gasteiger partial charge on any atom is -0.495 e. The van der Waals surface area contributed by atoms with E-state index in [-0.39, 0.29) is 10.8 Å². The van der Waals surface area contributed by atoms with Crippen LogP contribution >= 0.6 is 0 Å². The third kappa shape index (κ3) is 4.19. The van der Waals surface area contributed by atoms with Crippen molar-refractivity contribution in [3.8, 4) is 5.75 Å². The number of ether oxygens (including phenoxy) is 2. The molecule has 0 radical (unpaired) electrons. The Balaban J connectivity index is 1.84. The molecule has 144 valence electrons. The standard InChI is InChI=1S/C18H26N2O5S/c1-24-16-9-8-14(26(22,23)20-10-4-2-3-5-11-20)13-15(16)19-18(21)17-7-6-12-25-17/h8-9,13,17H,2-7,10-12H2,1H3,(H,19,21)/t17-/m1/s1. The summed E-state index contributed by atoms with van der Waals surface area (Å²) in [6.45, 7) is 1.64. The summed E-state index contributed by atoms with van der Waals surface area (Å²) in [5, 5.41) is 2.76. The minimum atomic E-state index is -3.59. The number of carbonyl (C=O) groups is 1. The molecule has 26 heavy (non-hydrogen) atoms. The van der Waals surface area contributed by atoms with Gasteiger partial charge in [-0.25, -0.2) is 8.42 Å². The molecule has 1 atom stereocenters. The summed E-state index contributed by atoms with van der Waals surface area (Å²) in [4.78, 5) is 12.5. The molecule has 2 fully saturated rings. The molecule has 3 rings (SSSR count). The van der Waals surface area contributed by atoms with Crippen LogP contribution in [0.5, 0.6) is 5.75 Å². The Morgan fingerprint density at radius 2 is 1.92 bits per heavy atom. The number of amides is 1. The number of hydrogen-bond acceptors (Lipinski definition) is 5. The largest absolute Gasteiger partial charge is 0.495 e.